The van der Waals surface area contributed by atoms with Gasteiger partial charge in [0.05, 0.1) is 25.5 Å². The first-order chi connectivity index (χ1) is 12.2. The minimum absolute atomic E-state index is 0.0237. The van der Waals surface area contributed by atoms with Gasteiger partial charge in [-0.2, -0.15) is 0 Å². The standard InChI is InChI=1S/C20H24N2O3/c1-16-4-6-17(7-5-16)8-9-20(23)21-15-18(19-3-2-12-25-19)22-10-13-24-14-11-22/h2-9,12,18H,10-11,13-15H2,1H3,(H,21,23)/b9-8+/t18-/m0/s1. The lowest BCUT2D eigenvalue weighted by molar-refractivity contribution is -0.116. The highest BCUT2D eigenvalue weighted by Crippen LogP contribution is 2.21. The summed E-state index contributed by atoms with van der Waals surface area (Å²) in [4.78, 5) is 14.5. The van der Waals surface area contributed by atoms with E-state index in [9.17, 15) is 4.79 Å². The van der Waals surface area contributed by atoms with Gasteiger partial charge in [-0.15, -0.1) is 0 Å². The summed E-state index contributed by atoms with van der Waals surface area (Å²) in [7, 11) is 0. The summed E-state index contributed by atoms with van der Waals surface area (Å²) in [6.07, 6.45) is 5.07. The molecule has 1 N–H and O–H groups in total. The molecule has 2 aromatic rings. The van der Waals surface area contributed by atoms with Gasteiger partial charge >= 0.3 is 0 Å². The zero-order valence-electron chi connectivity index (χ0n) is 14.5. The molecule has 0 unspecified atom stereocenters. The zero-order chi connectivity index (χ0) is 17.5. The second-order valence-corrected chi connectivity index (χ2v) is 6.17. The van der Waals surface area contributed by atoms with Crippen LogP contribution in [0.3, 0.4) is 0 Å². The van der Waals surface area contributed by atoms with Gasteiger partial charge in [0.1, 0.15) is 5.76 Å². The SMILES string of the molecule is Cc1ccc(/C=C/C(=O)NC[C@@H](c2ccco2)N2CCOCC2)cc1. The molecule has 0 aliphatic carbocycles. The summed E-state index contributed by atoms with van der Waals surface area (Å²) in [5.74, 6) is 0.759. The minimum atomic E-state index is -0.106. The summed E-state index contributed by atoms with van der Waals surface area (Å²) >= 11 is 0. The molecule has 0 spiro atoms. The van der Waals surface area contributed by atoms with Crippen molar-refractivity contribution in [1.82, 2.24) is 10.2 Å². The van der Waals surface area contributed by atoms with Crippen LogP contribution in [0, 0.1) is 6.92 Å². The number of rotatable bonds is 6. The van der Waals surface area contributed by atoms with Crippen LogP contribution < -0.4 is 5.32 Å². The molecule has 0 saturated carbocycles. The zero-order valence-corrected chi connectivity index (χ0v) is 14.5. The molecule has 1 atom stereocenters. The largest absolute Gasteiger partial charge is 0.468 e. The van der Waals surface area contributed by atoms with Crippen molar-refractivity contribution >= 4 is 12.0 Å². The van der Waals surface area contributed by atoms with Crippen LogP contribution in [-0.2, 0) is 9.53 Å². The van der Waals surface area contributed by atoms with Crippen molar-refractivity contribution in [3.8, 4) is 0 Å². The number of aryl methyl sites for hydroxylation is 1. The lowest BCUT2D eigenvalue weighted by Crippen LogP contribution is -2.43. The Kier molecular flexibility index (Phi) is 6.04. The maximum atomic E-state index is 12.2. The van der Waals surface area contributed by atoms with Crippen LogP contribution in [0.1, 0.15) is 22.9 Å². The van der Waals surface area contributed by atoms with Gasteiger partial charge in [0, 0.05) is 25.7 Å². The quantitative estimate of drug-likeness (QED) is 0.822. The van der Waals surface area contributed by atoms with Crippen molar-refractivity contribution in [3.63, 3.8) is 0 Å². The Labute approximate surface area is 148 Å². The Morgan fingerprint density at radius 3 is 2.68 bits per heavy atom. The van der Waals surface area contributed by atoms with Crippen LogP contribution in [0.25, 0.3) is 6.08 Å². The lowest BCUT2D eigenvalue weighted by atomic mass is 10.1. The monoisotopic (exact) mass is 340 g/mol. The predicted octanol–water partition coefficient (Wildman–Crippen LogP) is 2.79. The second-order valence-electron chi connectivity index (χ2n) is 6.17. The van der Waals surface area contributed by atoms with E-state index in [4.69, 9.17) is 9.15 Å². The highest BCUT2D eigenvalue weighted by molar-refractivity contribution is 5.91. The fourth-order valence-electron chi connectivity index (χ4n) is 2.89. The summed E-state index contributed by atoms with van der Waals surface area (Å²) in [6.45, 7) is 5.63. The molecule has 5 nitrogen and oxygen atoms in total. The first kappa shape index (κ1) is 17.5. The molecular weight excluding hydrogens is 316 g/mol. The number of amides is 1. The molecule has 1 aliphatic rings. The van der Waals surface area contributed by atoms with Crippen LogP contribution in [0.4, 0.5) is 0 Å². The van der Waals surface area contributed by atoms with Crippen molar-refractivity contribution in [2.45, 2.75) is 13.0 Å². The normalized spacial score (nSPS) is 16.8. The van der Waals surface area contributed by atoms with E-state index in [2.05, 4.69) is 10.2 Å². The van der Waals surface area contributed by atoms with Gasteiger partial charge in [-0.3, -0.25) is 9.69 Å². The van der Waals surface area contributed by atoms with Gasteiger partial charge in [-0.25, -0.2) is 0 Å². The second kappa shape index (κ2) is 8.65. The maximum Gasteiger partial charge on any atom is 0.244 e. The fourth-order valence-corrected chi connectivity index (χ4v) is 2.89. The van der Waals surface area contributed by atoms with Crippen LogP contribution in [0.5, 0.6) is 0 Å². The number of ether oxygens (including phenoxy) is 1. The predicted molar refractivity (Wildman–Crippen MR) is 97.1 cm³/mol. The molecule has 5 heteroatoms. The average Bonchev–Trinajstić information content (AvgIpc) is 3.17. The molecular formula is C20H24N2O3. The molecule has 1 aromatic heterocycles. The number of carbonyl (C=O) groups excluding carboxylic acids is 1. The third-order valence-corrected chi connectivity index (χ3v) is 4.33. The van der Waals surface area contributed by atoms with Crippen molar-refractivity contribution < 1.29 is 13.9 Å². The van der Waals surface area contributed by atoms with Gasteiger partial charge in [-0.05, 0) is 30.7 Å². The molecule has 0 bridgehead atoms. The van der Waals surface area contributed by atoms with E-state index in [1.807, 2.05) is 49.4 Å². The van der Waals surface area contributed by atoms with E-state index in [1.165, 1.54) is 5.56 Å². The number of hydrogen-bond acceptors (Lipinski definition) is 4. The number of furan rings is 1. The minimum Gasteiger partial charge on any atom is -0.468 e. The lowest BCUT2D eigenvalue weighted by Gasteiger charge is -2.33. The summed E-state index contributed by atoms with van der Waals surface area (Å²) in [6, 6.07) is 11.9. The Morgan fingerprint density at radius 2 is 2.00 bits per heavy atom. The highest BCUT2D eigenvalue weighted by atomic mass is 16.5. The number of morpholine rings is 1. The van der Waals surface area contributed by atoms with E-state index < -0.39 is 0 Å². The van der Waals surface area contributed by atoms with Crippen molar-refractivity contribution in [2.75, 3.05) is 32.8 Å². The Balaban J connectivity index is 1.58. The smallest absolute Gasteiger partial charge is 0.244 e. The molecule has 132 valence electrons. The maximum absolute atomic E-state index is 12.2. The third kappa shape index (κ3) is 5.05. The van der Waals surface area contributed by atoms with Gasteiger partial charge < -0.3 is 14.5 Å². The van der Waals surface area contributed by atoms with Gasteiger partial charge in [-0.1, -0.05) is 29.8 Å². The van der Waals surface area contributed by atoms with Crippen LogP contribution in [0.15, 0.2) is 53.2 Å². The topological polar surface area (TPSA) is 54.7 Å². The van der Waals surface area contributed by atoms with Gasteiger partial charge in [0.25, 0.3) is 0 Å². The number of nitrogens with zero attached hydrogens (tertiary/aromatic N) is 1. The number of carbonyl (C=O) groups is 1. The summed E-state index contributed by atoms with van der Waals surface area (Å²) in [5, 5.41) is 2.98. The Bertz CT molecular complexity index is 686. The fraction of sp³-hybridized carbons (Fsp3) is 0.350. The molecule has 25 heavy (non-hydrogen) atoms. The van der Waals surface area contributed by atoms with Crippen LogP contribution in [-0.4, -0.2) is 43.7 Å². The van der Waals surface area contributed by atoms with Crippen LogP contribution >= 0.6 is 0 Å². The highest BCUT2D eigenvalue weighted by Gasteiger charge is 2.24. The van der Waals surface area contributed by atoms with Gasteiger partial charge in [0.2, 0.25) is 5.91 Å². The molecule has 2 heterocycles. The van der Waals surface area contributed by atoms with Crippen molar-refractivity contribution in [2.24, 2.45) is 0 Å². The molecule has 3 rings (SSSR count). The summed E-state index contributed by atoms with van der Waals surface area (Å²) in [5.41, 5.74) is 2.21. The van der Waals surface area contributed by atoms with E-state index in [1.54, 1.807) is 12.3 Å². The summed E-state index contributed by atoms with van der Waals surface area (Å²) < 4.78 is 11.0. The molecule has 0 radical (unpaired) electrons. The van der Waals surface area contributed by atoms with Crippen LogP contribution in [0.2, 0.25) is 0 Å². The first-order valence-electron chi connectivity index (χ1n) is 8.60. The number of nitrogens with one attached hydrogen (secondary N) is 1. The third-order valence-electron chi connectivity index (χ3n) is 4.33. The molecule has 1 amide bonds. The Hall–Kier alpha value is -2.37. The van der Waals surface area contributed by atoms with E-state index >= 15 is 0 Å². The molecule has 1 aliphatic heterocycles. The number of benzene rings is 1. The van der Waals surface area contributed by atoms with E-state index in [-0.39, 0.29) is 11.9 Å². The van der Waals surface area contributed by atoms with Crippen molar-refractivity contribution in [3.05, 3.63) is 65.6 Å². The molecule has 1 fully saturated rings. The van der Waals surface area contributed by atoms with Gasteiger partial charge in [0.15, 0.2) is 0 Å². The average molecular weight is 340 g/mol. The molecule has 1 saturated heterocycles. The Morgan fingerprint density at radius 1 is 1.24 bits per heavy atom. The van der Waals surface area contributed by atoms with E-state index in [0.717, 1.165) is 24.4 Å². The van der Waals surface area contributed by atoms with Crippen molar-refractivity contribution in [1.29, 1.82) is 0 Å². The van der Waals surface area contributed by atoms with E-state index in [0.29, 0.717) is 19.8 Å². The first-order valence-corrected chi connectivity index (χ1v) is 8.60. The molecule has 1 aromatic carbocycles. The number of hydrogen-bond donors (Lipinski definition) is 1.